The van der Waals surface area contributed by atoms with Crippen LogP contribution >= 0.6 is 11.6 Å². The Morgan fingerprint density at radius 3 is 2.49 bits per heavy atom. The minimum atomic E-state index is -4.58. The topological polar surface area (TPSA) is 74.2 Å². The number of alkyl halides is 3. The highest BCUT2D eigenvalue weighted by molar-refractivity contribution is 6.30. The van der Waals surface area contributed by atoms with Gasteiger partial charge in [-0.15, -0.1) is 0 Å². The summed E-state index contributed by atoms with van der Waals surface area (Å²) in [7, 11) is 1.51. The van der Waals surface area contributed by atoms with Crippen molar-refractivity contribution in [2.24, 2.45) is 4.99 Å². The molecule has 1 saturated heterocycles. The Labute approximate surface area is 227 Å². The Hall–Kier alpha value is -4.05. The number of nitrogens with one attached hydrogen (secondary N) is 1. The summed E-state index contributed by atoms with van der Waals surface area (Å²) >= 11 is 6.11. The molecule has 7 nitrogen and oxygen atoms in total. The van der Waals surface area contributed by atoms with E-state index < -0.39 is 29.9 Å². The Bertz CT molecular complexity index is 1430. The molecule has 0 spiro atoms. The van der Waals surface area contributed by atoms with Crippen LogP contribution in [0.3, 0.4) is 0 Å². The fraction of sp³-hybridized carbons (Fsp3) is 0.250. The molecule has 3 aromatic carbocycles. The molecule has 39 heavy (non-hydrogen) atoms. The van der Waals surface area contributed by atoms with Gasteiger partial charge >= 0.3 is 12.2 Å². The van der Waals surface area contributed by atoms with Crippen LogP contribution in [0.1, 0.15) is 34.3 Å². The molecule has 0 aliphatic carbocycles. The van der Waals surface area contributed by atoms with E-state index >= 15 is 0 Å². The second kappa shape index (κ2) is 10.6. The van der Waals surface area contributed by atoms with Crippen molar-refractivity contribution in [3.8, 4) is 5.75 Å². The van der Waals surface area contributed by atoms with E-state index in [-0.39, 0.29) is 36.9 Å². The van der Waals surface area contributed by atoms with Gasteiger partial charge in [-0.3, -0.25) is 14.7 Å². The minimum absolute atomic E-state index is 0.179. The lowest BCUT2D eigenvalue weighted by Crippen LogP contribution is -2.55. The molecule has 3 aromatic rings. The van der Waals surface area contributed by atoms with Gasteiger partial charge in [0.05, 0.1) is 18.7 Å². The zero-order chi connectivity index (χ0) is 27.7. The predicted molar refractivity (Wildman–Crippen MR) is 140 cm³/mol. The maximum absolute atomic E-state index is 14.1. The Balaban J connectivity index is 1.70. The summed E-state index contributed by atoms with van der Waals surface area (Å²) in [5, 5.41) is 3.17. The van der Waals surface area contributed by atoms with Crippen molar-refractivity contribution in [1.82, 2.24) is 15.1 Å². The van der Waals surface area contributed by atoms with E-state index in [1.165, 1.54) is 23.0 Å². The van der Waals surface area contributed by atoms with E-state index in [4.69, 9.17) is 21.3 Å². The van der Waals surface area contributed by atoms with Crippen LogP contribution in [0.2, 0.25) is 5.02 Å². The molecular weight excluding hydrogens is 533 g/mol. The number of amides is 3. The van der Waals surface area contributed by atoms with Crippen LogP contribution in [0.5, 0.6) is 5.75 Å². The zero-order valence-electron chi connectivity index (χ0n) is 20.8. The van der Waals surface area contributed by atoms with E-state index in [0.29, 0.717) is 21.9 Å². The SMILES string of the molecule is COc1cccc(C2=NC(c3ccc(Cl)cc3)C(c3cccc(C(F)(F)F)c3)N2C(=O)N2CCNC(=O)C2)c1. The quantitative estimate of drug-likeness (QED) is 0.463. The Morgan fingerprint density at radius 1 is 1.05 bits per heavy atom. The predicted octanol–water partition coefficient (Wildman–Crippen LogP) is 5.46. The third kappa shape index (κ3) is 5.42. The summed E-state index contributed by atoms with van der Waals surface area (Å²) in [5.74, 6) is 0.455. The molecule has 2 atom stereocenters. The third-order valence-corrected chi connectivity index (χ3v) is 6.93. The number of amidine groups is 1. The Kier molecular flexibility index (Phi) is 7.22. The molecule has 0 saturated carbocycles. The maximum atomic E-state index is 14.1. The number of aliphatic imine (C=N–C) groups is 1. The van der Waals surface area contributed by atoms with Crippen molar-refractivity contribution in [2.75, 3.05) is 26.7 Å². The average molecular weight is 557 g/mol. The number of nitrogens with zero attached hydrogens (tertiary/aromatic N) is 3. The van der Waals surface area contributed by atoms with Gasteiger partial charge in [0.15, 0.2) is 0 Å². The summed E-state index contributed by atoms with van der Waals surface area (Å²) < 4.78 is 46.6. The van der Waals surface area contributed by atoms with Crippen molar-refractivity contribution in [2.45, 2.75) is 18.3 Å². The van der Waals surface area contributed by atoms with Gasteiger partial charge in [-0.1, -0.05) is 48.0 Å². The van der Waals surface area contributed by atoms with Crippen LogP contribution in [0, 0.1) is 0 Å². The van der Waals surface area contributed by atoms with Gasteiger partial charge < -0.3 is 15.0 Å². The number of rotatable bonds is 4. The molecule has 3 amide bonds. The number of carbonyl (C=O) groups excluding carboxylic acids is 2. The molecule has 2 aliphatic heterocycles. The first kappa shape index (κ1) is 26.6. The highest BCUT2D eigenvalue weighted by Gasteiger charge is 2.45. The number of halogens is 4. The molecule has 5 rings (SSSR count). The fourth-order valence-electron chi connectivity index (χ4n) is 4.82. The van der Waals surface area contributed by atoms with Crippen LogP contribution in [-0.4, -0.2) is 54.3 Å². The first-order valence-corrected chi connectivity index (χ1v) is 12.5. The first-order valence-electron chi connectivity index (χ1n) is 12.2. The minimum Gasteiger partial charge on any atom is -0.497 e. The average Bonchev–Trinajstić information content (AvgIpc) is 3.33. The molecule has 2 heterocycles. The number of benzene rings is 3. The van der Waals surface area contributed by atoms with E-state index in [9.17, 15) is 22.8 Å². The van der Waals surface area contributed by atoms with Crippen molar-refractivity contribution in [1.29, 1.82) is 0 Å². The largest absolute Gasteiger partial charge is 0.497 e. The number of urea groups is 1. The number of piperazine rings is 1. The van der Waals surface area contributed by atoms with Gasteiger partial charge in [-0.25, -0.2) is 4.79 Å². The summed E-state index contributed by atoms with van der Waals surface area (Å²) in [4.78, 5) is 33.9. The number of hydrogen-bond acceptors (Lipinski definition) is 4. The number of ether oxygens (including phenoxy) is 1. The standard InChI is InChI=1S/C28H24ClF3N4O3/c1-39-22-7-3-5-19(15-22)26-34-24(17-8-10-21(29)11-9-17)25(18-4-2-6-20(14-18)28(30,31)32)36(26)27(38)35-13-12-33-23(37)16-35/h2-11,14-15,24-25H,12-13,16H2,1H3,(H,33,37). The van der Waals surface area contributed by atoms with Gasteiger partial charge in [0, 0.05) is 23.7 Å². The van der Waals surface area contributed by atoms with Gasteiger partial charge in [0.25, 0.3) is 0 Å². The molecule has 202 valence electrons. The highest BCUT2D eigenvalue weighted by Crippen LogP contribution is 2.45. The Morgan fingerprint density at radius 2 is 1.79 bits per heavy atom. The lowest BCUT2D eigenvalue weighted by Gasteiger charge is -2.35. The molecular formula is C28H24ClF3N4O3. The lowest BCUT2D eigenvalue weighted by atomic mass is 9.92. The van der Waals surface area contributed by atoms with Gasteiger partial charge in [-0.2, -0.15) is 13.2 Å². The molecule has 0 radical (unpaired) electrons. The van der Waals surface area contributed by atoms with Crippen LogP contribution in [-0.2, 0) is 11.0 Å². The van der Waals surface area contributed by atoms with Crippen LogP contribution in [0.4, 0.5) is 18.0 Å². The molecule has 1 N–H and O–H groups in total. The second-order valence-electron chi connectivity index (χ2n) is 9.17. The molecule has 1 fully saturated rings. The van der Waals surface area contributed by atoms with Crippen LogP contribution in [0.15, 0.2) is 77.8 Å². The normalized spacial score (nSPS) is 19.5. The van der Waals surface area contributed by atoms with E-state index in [0.717, 1.165) is 12.1 Å². The van der Waals surface area contributed by atoms with E-state index in [1.54, 1.807) is 54.6 Å². The molecule has 2 aliphatic rings. The smallest absolute Gasteiger partial charge is 0.416 e. The fourth-order valence-corrected chi connectivity index (χ4v) is 4.95. The van der Waals surface area contributed by atoms with E-state index in [2.05, 4.69) is 5.32 Å². The summed E-state index contributed by atoms with van der Waals surface area (Å²) in [5.41, 5.74) is 0.613. The van der Waals surface area contributed by atoms with Crippen LogP contribution in [0.25, 0.3) is 0 Å². The molecule has 0 bridgehead atoms. The van der Waals surface area contributed by atoms with E-state index in [1.807, 2.05) is 0 Å². The van der Waals surface area contributed by atoms with Crippen molar-refractivity contribution >= 4 is 29.4 Å². The number of methoxy groups -OCH3 is 1. The third-order valence-electron chi connectivity index (χ3n) is 6.68. The monoisotopic (exact) mass is 556 g/mol. The second-order valence-corrected chi connectivity index (χ2v) is 9.61. The molecule has 0 aromatic heterocycles. The van der Waals surface area contributed by atoms with Crippen LogP contribution < -0.4 is 10.1 Å². The summed E-state index contributed by atoms with van der Waals surface area (Å²) in [6.45, 7) is 0.327. The van der Waals surface area contributed by atoms with Gasteiger partial charge in [0.1, 0.15) is 24.2 Å². The number of hydrogen-bond donors (Lipinski definition) is 1. The zero-order valence-corrected chi connectivity index (χ0v) is 21.5. The van der Waals surface area contributed by atoms with Crippen molar-refractivity contribution < 1.29 is 27.5 Å². The molecule has 11 heteroatoms. The van der Waals surface area contributed by atoms with Gasteiger partial charge in [-0.05, 0) is 47.5 Å². The van der Waals surface area contributed by atoms with Crippen molar-refractivity contribution in [3.63, 3.8) is 0 Å². The first-order chi connectivity index (χ1) is 18.7. The van der Waals surface area contributed by atoms with Gasteiger partial charge in [0.2, 0.25) is 5.91 Å². The number of carbonyl (C=O) groups is 2. The highest BCUT2D eigenvalue weighted by atomic mass is 35.5. The summed E-state index contributed by atoms with van der Waals surface area (Å²) in [6.07, 6.45) is -4.58. The summed E-state index contributed by atoms with van der Waals surface area (Å²) in [6, 6.07) is 16.4. The maximum Gasteiger partial charge on any atom is 0.416 e. The molecule has 2 unspecified atom stereocenters. The van der Waals surface area contributed by atoms with Crippen molar-refractivity contribution in [3.05, 3.63) is 100 Å². The lowest BCUT2D eigenvalue weighted by molar-refractivity contribution is -0.137.